The van der Waals surface area contributed by atoms with E-state index in [0.717, 1.165) is 0 Å². The second kappa shape index (κ2) is 3.58. The largest absolute Gasteiger partial charge is 0.542 e. The molecular formula is C5H11NO6S. The number of carbonyl (C=O) groups is 1. The highest BCUT2D eigenvalue weighted by Crippen LogP contribution is 2.06. The maximum atomic E-state index is 10.4. The van der Waals surface area contributed by atoms with E-state index < -0.39 is 22.6 Å². The van der Waals surface area contributed by atoms with Gasteiger partial charge >= 0.3 is 10.4 Å². The van der Waals surface area contributed by atoms with Crippen LogP contribution in [-0.2, 0) is 19.4 Å². The molecule has 0 aliphatic heterocycles. The summed E-state index contributed by atoms with van der Waals surface area (Å²) < 4.78 is 32.3. The lowest BCUT2D eigenvalue weighted by Crippen LogP contribution is -2.56. The summed E-state index contributed by atoms with van der Waals surface area (Å²) in [5.74, 6) is -1.72. The van der Waals surface area contributed by atoms with Crippen molar-refractivity contribution in [2.24, 2.45) is 0 Å². The van der Waals surface area contributed by atoms with Gasteiger partial charge in [0.15, 0.2) is 0 Å². The van der Waals surface area contributed by atoms with Gasteiger partial charge < -0.3 is 9.90 Å². The van der Waals surface area contributed by atoms with Gasteiger partial charge in [-0.2, -0.15) is 12.6 Å². The predicted molar refractivity (Wildman–Crippen MR) is 39.5 cm³/mol. The molecular weight excluding hydrogens is 202 g/mol. The smallest absolute Gasteiger partial charge is 0.402 e. The first-order valence-electron chi connectivity index (χ1n) is 3.22. The minimum absolute atomic E-state index is 0.345. The molecule has 0 heterocycles. The predicted octanol–water partition coefficient (Wildman–Crippen LogP) is -2.41. The molecule has 1 atom stereocenters. The number of carbonyl (C=O) groups excluding carboxylic acids is 1. The van der Waals surface area contributed by atoms with Crippen molar-refractivity contribution in [2.45, 2.75) is 6.23 Å². The number of nitrogens with zero attached hydrogens (tertiary/aromatic N) is 1. The molecule has 7 nitrogen and oxygen atoms in total. The van der Waals surface area contributed by atoms with Gasteiger partial charge in [-0.15, -0.1) is 0 Å². The molecule has 0 aromatic rings. The highest BCUT2D eigenvalue weighted by molar-refractivity contribution is 7.80. The number of carboxylic acid groups (broad SMARTS) is 1. The quantitative estimate of drug-likeness (QED) is 0.317. The van der Waals surface area contributed by atoms with Crippen molar-refractivity contribution >= 4 is 16.4 Å². The number of quaternary nitrogens is 1. The van der Waals surface area contributed by atoms with Gasteiger partial charge in [0.1, 0.15) is 5.97 Å². The third-order valence-electron chi connectivity index (χ3n) is 1.12. The van der Waals surface area contributed by atoms with Gasteiger partial charge in [0.2, 0.25) is 0 Å². The first kappa shape index (κ1) is 12.3. The van der Waals surface area contributed by atoms with Gasteiger partial charge in [0.25, 0.3) is 6.23 Å². The zero-order chi connectivity index (χ0) is 10.9. The van der Waals surface area contributed by atoms with E-state index in [-0.39, 0.29) is 4.48 Å². The van der Waals surface area contributed by atoms with E-state index in [1.165, 1.54) is 21.1 Å². The molecule has 0 aromatic heterocycles. The van der Waals surface area contributed by atoms with Crippen LogP contribution in [0.1, 0.15) is 0 Å². The number of hydrogen-bond donors (Lipinski definition) is 1. The highest BCUT2D eigenvalue weighted by atomic mass is 32.3. The van der Waals surface area contributed by atoms with Crippen molar-refractivity contribution in [3.63, 3.8) is 0 Å². The van der Waals surface area contributed by atoms with Crippen LogP contribution in [0, 0.1) is 0 Å². The van der Waals surface area contributed by atoms with E-state index in [2.05, 4.69) is 4.18 Å². The number of hydrogen-bond acceptors (Lipinski definition) is 5. The lowest BCUT2D eigenvalue weighted by molar-refractivity contribution is -0.907. The van der Waals surface area contributed by atoms with Crippen molar-refractivity contribution in [2.75, 3.05) is 21.1 Å². The molecule has 0 bridgehead atoms. The Hall–Kier alpha value is -0.700. The third-order valence-corrected chi connectivity index (χ3v) is 1.54. The van der Waals surface area contributed by atoms with Crippen LogP contribution in [0.5, 0.6) is 0 Å². The van der Waals surface area contributed by atoms with Crippen molar-refractivity contribution < 1.29 is 31.5 Å². The minimum Gasteiger partial charge on any atom is -0.542 e. The maximum absolute atomic E-state index is 10.4. The van der Waals surface area contributed by atoms with Gasteiger partial charge in [0, 0.05) is 0 Å². The third kappa shape index (κ3) is 4.78. The monoisotopic (exact) mass is 213 g/mol. The number of aliphatic carboxylic acids is 1. The molecule has 0 spiro atoms. The molecule has 0 aromatic carbocycles. The standard InChI is InChI=1S/C5H11NO6S/c1-6(2,3)4(5(7)8)12-13(9,10)11/h4H,1-3H3,(H-,7,8,9,10,11). The molecule has 0 aliphatic rings. The van der Waals surface area contributed by atoms with Gasteiger partial charge in [-0.1, -0.05) is 0 Å². The van der Waals surface area contributed by atoms with Crippen LogP contribution in [0.25, 0.3) is 0 Å². The van der Waals surface area contributed by atoms with E-state index in [9.17, 15) is 18.3 Å². The minimum atomic E-state index is -4.79. The summed E-state index contributed by atoms with van der Waals surface area (Å²) in [5, 5.41) is 10.4. The molecule has 0 amide bonds. The lowest BCUT2D eigenvalue weighted by atomic mass is 10.4. The Morgan fingerprint density at radius 1 is 1.46 bits per heavy atom. The topological polar surface area (TPSA) is 104 Å². The zero-order valence-electron chi connectivity index (χ0n) is 7.42. The van der Waals surface area contributed by atoms with E-state index >= 15 is 0 Å². The second-order valence-corrected chi connectivity index (χ2v) is 4.36. The Labute approximate surface area is 76.1 Å². The second-order valence-electron chi connectivity index (χ2n) is 3.31. The lowest BCUT2D eigenvalue weighted by Gasteiger charge is -2.32. The zero-order valence-corrected chi connectivity index (χ0v) is 8.24. The highest BCUT2D eigenvalue weighted by Gasteiger charge is 2.30. The molecule has 1 N–H and O–H groups in total. The van der Waals surface area contributed by atoms with Crippen molar-refractivity contribution in [1.82, 2.24) is 0 Å². The fourth-order valence-corrected chi connectivity index (χ4v) is 1.17. The van der Waals surface area contributed by atoms with E-state index in [1.54, 1.807) is 0 Å². The van der Waals surface area contributed by atoms with Crippen LogP contribution in [0.2, 0.25) is 0 Å². The molecule has 8 heteroatoms. The van der Waals surface area contributed by atoms with Gasteiger partial charge in [0.05, 0.1) is 21.1 Å². The molecule has 0 radical (unpaired) electrons. The molecule has 0 saturated heterocycles. The molecule has 1 unspecified atom stereocenters. The Balaban J connectivity index is 4.77. The normalized spacial score (nSPS) is 15.4. The summed E-state index contributed by atoms with van der Waals surface area (Å²) in [6, 6.07) is 0. The molecule has 0 rings (SSSR count). The Bertz CT molecular complexity index is 289. The van der Waals surface area contributed by atoms with Crippen LogP contribution < -0.4 is 5.11 Å². The van der Waals surface area contributed by atoms with Crippen LogP contribution in [0.15, 0.2) is 0 Å². The number of rotatable bonds is 4. The van der Waals surface area contributed by atoms with Gasteiger partial charge in [-0.25, -0.2) is 0 Å². The van der Waals surface area contributed by atoms with Crippen LogP contribution in [0.4, 0.5) is 0 Å². The van der Waals surface area contributed by atoms with E-state index in [0.29, 0.717) is 0 Å². The van der Waals surface area contributed by atoms with Gasteiger partial charge in [-0.3, -0.25) is 9.04 Å². The summed E-state index contributed by atoms with van der Waals surface area (Å²) in [7, 11) is -0.646. The van der Waals surface area contributed by atoms with Gasteiger partial charge in [-0.05, 0) is 0 Å². The summed E-state index contributed by atoms with van der Waals surface area (Å²) in [6.45, 7) is 0. The molecule has 0 aliphatic carbocycles. The SMILES string of the molecule is C[N+](C)(C)C(OS(=O)(=O)O)C(=O)[O-]. The Morgan fingerprint density at radius 3 is 1.92 bits per heavy atom. The van der Waals surface area contributed by atoms with Crippen molar-refractivity contribution in [3.8, 4) is 0 Å². The Kier molecular flexibility index (Phi) is 3.39. The summed E-state index contributed by atoms with van der Waals surface area (Å²) in [6.07, 6.45) is -1.77. The van der Waals surface area contributed by atoms with Crippen molar-refractivity contribution in [1.29, 1.82) is 0 Å². The van der Waals surface area contributed by atoms with Crippen LogP contribution in [-0.4, -0.2) is 50.8 Å². The molecule has 0 fully saturated rings. The fraction of sp³-hybridized carbons (Fsp3) is 0.800. The van der Waals surface area contributed by atoms with E-state index in [1.807, 2.05) is 0 Å². The number of carboxylic acids is 1. The summed E-state index contributed by atoms with van der Waals surface area (Å²) in [5.41, 5.74) is 0. The molecule has 13 heavy (non-hydrogen) atoms. The average Bonchev–Trinajstić information content (AvgIpc) is 1.77. The molecule has 0 saturated carbocycles. The van der Waals surface area contributed by atoms with Crippen molar-refractivity contribution in [3.05, 3.63) is 0 Å². The van der Waals surface area contributed by atoms with E-state index in [4.69, 9.17) is 4.55 Å². The fourth-order valence-electron chi connectivity index (χ4n) is 0.600. The van der Waals surface area contributed by atoms with Crippen LogP contribution in [0.3, 0.4) is 0 Å². The average molecular weight is 213 g/mol. The summed E-state index contributed by atoms with van der Waals surface area (Å²) >= 11 is 0. The summed E-state index contributed by atoms with van der Waals surface area (Å²) in [4.78, 5) is 10.4. The maximum Gasteiger partial charge on any atom is 0.402 e. The number of likely N-dealkylation sites (N-methyl/N-ethyl adjacent to an activating group) is 1. The first-order valence-corrected chi connectivity index (χ1v) is 4.58. The Morgan fingerprint density at radius 2 is 1.85 bits per heavy atom. The molecule has 78 valence electrons. The van der Waals surface area contributed by atoms with Crippen LogP contribution >= 0.6 is 0 Å². The first-order chi connectivity index (χ1) is 5.54.